The second-order valence-electron chi connectivity index (χ2n) is 3.28. The van der Waals surface area contributed by atoms with Crippen molar-refractivity contribution in [2.75, 3.05) is 18.5 Å². The van der Waals surface area contributed by atoms with E-state index in [0.717, 1.165) is 5.69 Å². The minimum absolute atomic E-state index is 0.164. The zero-order chi connectivity index (χ0) is 9.97. The first-order valence-corrected chi connectivity index (χ1v) is 4.98. The Hall–Kier alpha value is -0.930. The number of fused-ring (bicyclic) bond motifs is 1. The van der Waals surface area contributed by atoms with Gasteiger partial charge in [-0.3, -0.25) is 0 Å². The fourth-order valence-corrected chi connectivity index (χ4v) is 1.76. The summed E-state index contributed by atoms with van der Waals surface area (Å²) in [6.07, 6.45) is 0.686. The van der Waals surface area contributed by atoms with Crippen LogP contribution in [-0.4, -0.2) is 24.4 Å². The molecule has 0 spiro atoms. The van der Waals surface area contributed by atoms with E-state index in [1.165, 1.54) is 0 Å². The lowest BCUT2D eigenvalue weighted by Crippen LogP contribution is -2.32. The molecule has 0 amide bonds. The summed E-state index contributed by atoms with van der Waals surface area (Å²) in [7, 11) is 0. The van der Waals surface area contributed by atoms with Crippen LogP contribution in [0.25, 0.3) is 0 Å². The standard InChI is InChI=1S/C10H12ClNO2/c11-8-2-1-3-9-10(8)14-6-7(12-9)4-5-13/h1-3,7,12-13H,4-6H2. The molecule has 0 aliphatic carbocycles. The van der Waals surface area contributed by atoms with Crippen LogP contribution in [0, 0.1) is 0 Å². The number of rotatable bonds is 2. The van der Waals surface area contributed by atoms with Gasteiger partial charge in [0.15, 0.2) is 5.75 Å². The number of hydrogen-bond acceptors (Lipinski definition) is 3. The third-order valence-corrected chi connectivity index (χ3v) is 2.53. The Labute approximate surface area is 87.6 Å². The Balaban J connectivity index is 2.18. The summed E-state index contributed by atoms with van der Waals surface area (Å²) in [4.78, 5) is 0. The number of aliphatic hydroxyl groups excluding tert-OH is 1. The van der Waals surface area contributed by atoms with Crippen molar-refractivity contribution in [2.45, 2.75) is 12.5 Å². The molecule has 1 unspecified atom stereocenters. The van der Waals surface area contributed by atoms with E-state index in [1.807, 2.05) is 12.1 Å². The third kappa shape index (κ3) is 1.79. The number of aliphatic hydroxyl groups is 1. The zero-order valence-corrected chi connectivity index (χ0v) is 8.42. The minimum atomic E-state index is 0.164. The molecule has 1 aliphatic heterocycles. The fraction of sp³-hybridized carbons (Fsp3) is 0.400. The van der Waals surface area contributed by atoms with Gasteiger partial charge in [0.1, 0.15) is 6.61 Å². The lowest BCUT2D eigenvalue weighted by molar-refractivity contribution is 0.233. The van der Waals surface area contributed by atoms with E-state index in [2.05, 4.69) is 5.32 Å². The summed E-state index contributed by atoms with van der Waals surface area (Å²) < 4.78 is 5.51. The average Bonchev–Trinajstić information content (AvgIpc) is 2.18. The number of benzene rings is 1. The Morgan fingerprint density at radius 2 is 2.43 bits per heavy atom. The van der Waals surface area contributed by atoms with Crippen molar-refractivity contribution >= 4 is 17.3 Å². The van der Waals surface area contributed by atoms with Crippen molar-refractivity contribution in [3.05, 3.63) is 23.2 Å². The molecule has 1 aromatic rings. The highest BCUT2D eigenvalue weighted by atomic mass is 35.5. The van der Waals surface area contributed by atoms with E-state index in [0.29, 0.717) is 23.8 Å². The molecule has 0 saturated carbocycles. The summed E-state index contributed by atoms with van der Waals surface area (Å²) in [6.45, 7) is 0.716. The molecule has 1 atom stereocenters. The summed E-state index contributed by atoms with van der Waals surface area (Å²) in [5.74, 6) is 0.711. The first-order chi connectivity index (χ1) is 6.81. The van der Waals surface area contributed by atoms with Gasteiger partial charge in [-0.15, -0.1) is 0 Å². The number of ether oxygens (including phenoxy) is 1. The molecule has 1 heterocycles. The predicted octanol–water partition coefficient (Wildman–Crippen LogP) is 1.90. The van der Waals surface area contributed by atoms with E-state index in [-0.39, 0.29) is 12.6 Å². The van der Waals surface area contributed by atoms with Gasteiger partial charge in [-0.05, 0) is 18.6 Å². The second-order valence-corrected chi connectivity index (χ2v) is 3.69. The van der Waals surface area contributed by atoms with E-state index in [9.17, 15) is 0 Å². The quantitative estimate of drug-likeness (QED) is 0.789. The maximum absolute atomic E-state index is 8.80. The molecule has 76 valence electrons. The number of para-hydroxylation sites is 1. The predicted molar refractivity (Wildman–Crippen MR) is 56.1 cm³/mol. The van der Waals surface area contributed by atoms with Crippen molar-refractivity contribution < 1.29 is 9.84 Å². The van der Waals surface area contributed by atoms with E-state index < -0.39 is 0 Å². The van der Waals surface area contributed by atoms with E-state index in [1.54, 1.807) is 6.07 Å². The van der Waals surface area contributed by atoms with Crippen molar-refractivity contribution in [1.82, 2.24) is 0 Å². The van der Waals surface area contributed by atoms with Crippen molar-refractivity contribution in [3.8, 4) is 5.75 Å². The maximum atomic E-state index is 8.80. The highest BCUT2D eigenvalue weighted by molar-refractivity contribution is 6.32. The largest absolute Gasteiger partial charge is 0.488 e. The summed E-state index contributed by atoms with van der Waals surface area (Å²) >= 11 is 5.95. The molecule has 3 nitrogen and oxygen atoms in total. The Kier molecular flexibility index (Phi) is 2.79. The van der Waals surface area contributed by atoms with Crippen molar-refractivity contribution in [3.63, 3.8) is 0 Å². The molecule has 1 aliphatic rings. The molecule has 0 radical (unpaired) electrons. The van der Waals surface area contributed by atoms with Crippen molar-refractivity contribution in [1.29, 1.82) is 0 Å². The van der Waals surface area contributed by atoms with Gasteiger partial charge in [0, 0.05) is 6.61 Å². The van der Waals surface area contributed by atoms with Crippen LogP contribution in [0.2, 0.25) is 5.02 Å². The highest BCUT2D eigenvalue weighted by Gasteiger charge is 2.19. The number of hydrogen-bond donors (Lipinski definition) is 2. The van der Waals surface area contributed by atoms with Crippen molar-refractivity contribution in [2.24, 2.45) is 0 Å². The molecule has 2 N–H and O–H groups in total. The van der Waals surface area contributed by atoms with Gasteiger partial charge in [0.05, 0.1) is 16.8 Å². The van der Waals surface area contributed by atoms with Crippen LogP contribution in [0.5, 0.6) is 5.75 Å². The summed E-state index contributed by atoms with van der Waals surface area (Å²) in [5.41, 5.74) is 0.905. The van der Waals surface area contributed by atoms with E-state index in [4.69, 9.17) is 21.4 Å². The van der Waals surface area contributed by atoms with Crippen LogP contribution in [0.1, 0.15) is 6.42 Å². The van der Waals surface area contributed by atoms with Gasteiger partial charge in [0.25, 0.3) is 0 Å². The van der Waals surface area contributed by atoms with Gasteiger partial charge in [0.2, 0.25) is 0 Å². The topological polar surface area (TPSA) is 41.5 Å². The van der Waals surface area contributed by atoms with Gasteiger partial charge >= 0.3 is 0 Å². The Morgan fingerprint density at radius 1 is 1.57 bits per heavy atom. The van der Waals surface area contributed by atoms with Crippen LogP contribution in [-0.2, 0) is 0 Å². The van der Waals surface area contributed by atoms with E-state index >= 15 is 0 Å². The molecule has 0 bridgehead atoms. The summed E-state index contributed by atoms with van der Waals surface area (Å²) in [5, 5.41) is 12.7. The van der Waals surface area contributed by atoms with Crippen LogP contribution >= 0.6 is 11.6 Å². The Bertz CT molecular complexity index is 330. The van der Waals surface area contributed by atoms with Crippen LogP contribution in [0.15, 0.2) is 18.2 Å². The average molecular weight is 214 g/mol. The maximum Gasteiger partial charge on any atom is 0.161 e. The first kappa shape index (κ1) is 9.62. The van der Waals surface area contributed by atoms with Crippen LogP contribution in [0.3, 0.4) is 0 Å². The molecule has 4 heteroatoms. The van der Waals surface area contributed by atoms with Crippen LogP contribution in [0.4, 0.5) is 5.69 Å². The second kappa shape index (κ2) is 4.07. The van der Waals surface area contributed by atoms with Gasteiger partial charge in [-0.2, -0.15) is 0 Å². The monoisotopic (exact) mass is 213 g/mol. The van der Waals surface area contributed by atoms with Gasteiger partial charge in [-0.25, -0.2) is 0 Å². The molecule has 0 saturated heterocycles. The molecule has 0 aromatic heterocycles. The lowest BCUT2D eigenvalue weighted by Gasteiger charge is -2.27. The van der Waals surface area contributed by atoms with Crippen LogP contribution < -0.4 is 10.1 Å². The lowest BCUT2D eigenvalue weighted by atomic mass is 10.1. The molecular formula is C10H12ClNO2. The molecule has 0 fully saturated rings. The first-order valence-electron chi connectivity index (χ1n) is 4.60. The SMILES string of the molecule is OCCC1COc2c(Cl)cccc2N1. The third-order valence-electron chi connectivity index (χ3n) is 2.23. The number of nitrogens with one attached hydrogen (secondary N) is 1. The van der Waals surface area contributed by atoms with Gasteiger partial charge in [-0.1, -0.05) is 17.7 Å². The summed E-state index contributed by atoms with van der Waals surface area (Å²) in [6, 6.07) is 5.77. The zero-order valence-electron chi connectivity index (χ0n) is 7.66. The number of halogens is 1. The number of anilines is 1. The highest BCUT2D eigenvalue weighted by Crippen LogP contribution is 2.35. The molecule has 14 heavy (non-hydrogen) atoms. The Morgan fingerprint density at radius 3 is 3.21 bits per heavy atom. The molecule has 1 aromatic carbocycles. The minimum Gasteiger partial charge on any atom is -0.488 e. The molecule has 2 rings (SSSR count). The smallest absolute Gasteiger partial charge is 0.161 e. The normalized spacial score (nSPS) is 19.4. The fourth-order valence-electron chi connectivity index (χ4n) is 1.53. The molecular weight excluding hydrogens is 202 g/mol. The van der Waals surface area contributed by atoms with Gasteiger partial charge < -0.3 is 15.2 Å².